The van der Waals surface area contributed by atoms with Crippen molar-refractivity contribution in [1.29, 1.82) is 0 Å². The van der Waals surface area contributed by atoms with Gasteiger partial charge in [-0.1, -0.05) is 13.8 Å². The molecule has 1 rings (SSSR count). The van der Waals surface area contributed by atoms with Crippen molar-refractivity contribution in [3.63, 3.8) is 0 Å². The number of benzene rings is 1. The summed E-state index contributed by atoms with van der Waals surface area (Å²) < 4.78 is 5.34. The molecule has 0 aliphatic carbocycles. The van der Waals surface area contributed by atoms with Crippen molar-refractivity contribution in [2.45, 2.75) is 33.6 Å². The maximum Gasteiger partial charge on any atom is 0.319 e. The number of aliphatic hydroxyl groups is 1. The Hall–Kier alpha value is -1.75. The third kappa shape index (κ3) is 6.99. The number of nitrogens with one attached hydrogen (secondary N) is 2. The Bertz CT molecular complexity index is 430. The van der Waals surface area contributed by atoms with Crippen molar-refractivity contribution in [1.82, 2.24) is 5.32 Å². The number of carbonyl (C=O) groups is 1. The highest BCUT2D eigenvalue weighted by Crippen LogP contribution is 2.20. The van der Waals surface area contributed by atoms with Crippen LogP contribution in [0.2, 0.25) is 0 Å². The lowest BCUT2D eigenvalue weighted by molar-refractivity contribution is 0.148. The van der Waals surface area contributed by atoms with Crippen LogP contribution in [-0.2, 0) is 0 Å². The SMILES string of the molecule is CCOc1ccc(NC(=O)NCCCC(C)(C)CO)cc1. The molecular formula is C16H26N2O3. The Labute approximate surface area is 126 Å². The summed E-state index contributed by atoms with van der Waals surface area (Å²) in [5.41, 5.74) is 0.638. The summed E-state index contributed by atoms with van der Waals surface area (Å²) in [6, 6.07) is 7.03. The second-order valence-corrected chi connectivity index (χ2v) is 5.76. The molecule has 0 aliphatic heterocycles. The minimum atomic E-state index is -0.221. The van der Waals surface area contributed by atoms with Gasteiger partial charge in [0, 0.05) is 18.8 Å². The number of rotatable bonds is 8. The quantitative estimate of drug-likeness (QED) is 0.645. The predicted molar refractivity (Wildman–Crippen MR) is 84.7 cm³/mol. The molecule has 1 aromatic rings. The minimum absolute atomic E-state index is 0.0900. The van der Waals surface area contributed by atoms with Gasteiger partial charge in [0.05, 0.1) is 6.61 Å². The van der Waals surface area contributed by atoms with Gasteiger partial charge in [0.15, 0.2) is 0 Å². The van der Waals surface area contributed by atoms with Crippen LogP contribution < -0.4 is 15.4 Å². The number of amides is 2. The average Bonchev–Trinajstić information content (AvgIpc) is 2.46. The van der Waals surface area contributed by atoms with Crippen molar-refractivity contribution >= 4 is 11.7 Å². The molecule has 0 saturated carbocycles. The molecule has 0 saturated heterocycles. The first kappa shape index (κ1) is 17.3. The summed E-state index contributed by atoms with van der Waals surface area (Å²) in [5, 5.41) is 14.7. The van der Waals surface area contributed by atoms with Gasteiger partial charge in [-0.3, -0.25) is 0 Å². The molecule has 5 heteroatoms. The number of carbonyl (C=O) groups excluding carboxylic acids is 1. The zero-order valence-electron chi connectivity index (χ0n) is 13.1. The van der Waals surface area contributed by atoms with E-state index in [1.165, 1.54) is 0 Å². The molecule has 0 bridgehead atoms. The van der Waals surface area contributed by atoms with Crippen LogP contribution in [-0.4, -0.2) is 30.9 Å². The van der Waals surface area contributed by atoms with Crippen molar-refractivity contribution in [3.8, 4) is 5.75 Å². The normalized spacial score (nSPS) is 11.0. The van der Waals surface area contributed by atoms with Crippen molar-refractivity contribution in [2.75, 3.05) is 25.1 Å². The lowest BCUT2D eigenvalue weighted by atomic mass is 9.89. The maximum atomic E-state index is 11.7. The summed E-state index contributed by atoms with van der Waals surface area (Å²) in [6.45, 7) is 7.31. The van der Waals surface area contributed by atoms with Gasteiger partial charge in [0.25, 0.3) is 0 Å². The van der Waals surface area contributed by atoms with E-state index in [0.717, 1.165) is 24.3 Å². The number of hydrogen-bond acceptors (Lipinski definition) is 3. The van der Waals surface area contributed by atoms with Gasteiger partial charge in [-0.05, 0) is 49.4 Å². The standard InChI is InChI=1S/C16H26N2O3/c1-4-21-14-8-6-13(7-9-14)18-15(20)17-11-5-10-16(2,3)12-19/h6-9,19H,4-5,10-12H2,1-3H3,(H2,17,18,20). The summed E-state index contributed by atoms with van der Waals surface area (Å²) in [4.78, 5) is 11.7. The smallest absolute Gasteiger partial charge is 0.319 e. The Balaban J connectivity index is 2.27. The molecule has 0 fully saturated rings. The molecule has 21 heavy (non-hydrogen) atoms. The fourth-order valence-electron chi connectivity index (χ4n) is 1.82. The fraction of sp³-hybridized carbons (Fsp3) is 0.562. The molecule has 0 aliphatic rings. The minimum Gasteiger partial charge on any atom is -0.494 e. The molecule has 2 amide bonds. The van der Waals surface area contributed by atoms with E-state index >= 15 is 0 Å². The van der Waals surface area contributed by atoms with Crippen molar-refractivity contribution in [3.05, 3.63) is 24.3 Å². The van der Waals surface area contributed by atoms with Gasteiger partial charge in [0.2, 0.25) is 0 Å². The highest BCUT2D eigenvalue weighted by Gasteiger charge is 2.15. The number of hydrogen-bond donors (Lipinski definition) is 3. The summed E-state index contributed by atoms with van der Waals surface area (Å²) in [5.74, 6) is 0.787. The molecular weight excluding hydrogens is 268 g/mol. The van der Waals surface area contributed by atoms with E-state index in [1.54, 1.807) is 12.1 Å². The lowest BCUT2D eigenvalue weighted by Gasteiger charge is -2.21. The zero-order chi connectivity index (χ0) is 15.7. The van der Waals surface area contributed by atoms with Gasteiger partial charge < -0.3 is 20.5 Å². The molecule has 0 unspecified atom stereocenters. The number of ether oxygens (including phenoxy) is 1. The largest absolute Gasteiger partial charge is 0.494 e. The highest BCUT2D eigenvalue weighted by atomic mass is 16.5. The van der Waals surface area contributed by atoms with E-state index < -0.39 is 0 Å². The van der Waals surface area contributed by atoms with Gasteiger partial charge in [0.1, 0.15) is 5.75 Å². The Kier molecular flexibility index (Phi) is 7.02. The third-order valence-electron chi connectivity index (χ3n) is 3.17. The molecule has 1 aromatic carbocycles. The zero-order valence-corrected chi connectivity index (χ0v) is 13.1. The summed E-state index contributed by atoms with van der Waals surface area (Å²) in [6.07, 6.45) is 1.71. The van der Waals surface area contributed by atoms with E-state index in [1.807, 2.05) is 32.9 Å². The second-order valence-electron chi connectivity index (χ2n) is 5.76. The number of anilines is 1. The Morgan fingerprint density at radius 1 is 1.29 bits per heavy atom. The van der Waals surface area contributed by atoms with Crippen LogP contribution in [0.4, 0.5) is 10.5 Å². The van der Waals surface area contributed by atoms with Gasteiger partial charge >= 0.3 is 6.03 Å². The number of urea groups is 1. The molecule has 5 nitrogen and oxygen atoms in total. The maximum absolute atomic E-state index is 11.7. The van der Waals surface area contributed by atoms with Crippen molar-refractivity contribution in [2.24, 2.45) is 5.41 Å². The first-order valence-corrected chi connectivity index (χ1v) is 7.35. The molecule has 0 heterocycles. The first-order chi connectivity index (χ1) is 9.96. The predicted octanol–water partition coefficient (Wildman–Crippen LogP) is 3.01. The van der Waals surface area contributed by atoms with Crippen LogP contribution in [0.15, 0.2) is 24.3 Å². The van der Waals surface area contributed by atoms with Crippen LogP contribution in [0.3, 0.4) is 0 Å². The monoisotopic (exact) mass is 294 g/mol. The molecule has 0 spiro atoms. The lowest BCUT2D eigenvalue weighted by Crippen LogP contribution is -2.30. The van der Waals surface area contributed by atoms with E-state index in [2.05, 4.69) is 10.6 Å². The van der Waals surface area contributed by atoms with Crippen molar-refractivity contribution < 1.29 is 14.6 Å². The Morgan fingerprint density at radius 3 is 2.52 bits per heavy atom. The summed E-state index contributed by atoms with van der Waals surface area (Å²) >= 11 is 0. The van der Waals surface area contributed by atoms with Crippen LogP contribution in [0.25, 0.3) is 0 Å². The van der Waals surface area contributed by atoms with E-state index in [4.69, 9.17) is 9.84 Å². The summed E-state index contributed by atoms with van der Waals surface area (Å²) in [7, 11) is 0. The van der Waals surface area contributed by atoms with Crippen LogP contribution in [0.5, 0.6) is 5.75 Å². The molecule has 3 N–H and O–H groups in total. The van der Waals surface area contributed by atoms with Gasteiger partial charge in [-0.2, -0.15) is 0 Å². The molecule has 0 radical (unpaired) electrons. The fourth-order valence-corrected chi connectivity index (χ4v) is 1.82. The van der Waals surface area contributed by atoms with Crippen LogP contribution >= 0.6 is 0 Å². The molecule has 118 valence electrons. The van der Waals surface area contributed by atoms with Gasteiger partial charge in [-0.25, -0.2) is 4.79 Å². The topological polar surface area (TPSA) is 70.6 Å². The van der Waals surface area contributed by atoms with Crippen LogP contribution in [0.1, 0.15) is 33.6 Å². The molecule has 0 atom stereocenters. The third-order valence-corrected chi connectivity index (χ3v) is 3.17. The second kappa shape index (κ2) is 8.52. The average molecular weight is 294 g/mol. The van der Waals surface area contributed by atoms with E-state index in [0.29, 0.717) is 13.2 Å². The van der Waals surface area contributed by atoms with Gasteiger partial charge in [-0.15, -0.1) is 0 Å². The number of aliphatic hydroxyl groups excluding tert-OH is 1. The van der Waals surface area contributed by atoms with E-state index in [-0.39, 0.29) is 18.1 Å². The Morgan fingerprint density at radius 2 is 1.95 bits per heavy atom. The first-order valence-electron chi connectivity index (χ1n) is 7.35. The van der Waals surface area contributed by atoms with Crippen LogP contribution in [0, 0.1) is 5.41 Å². The molecule has 0 aromatic heterocycles. The highest BCUT2D eigenvalue weighted by molar-refractivity contribution is 5.89. The van der Waals surface area contributed by atoms with E-state index in [9.17, 15) is 4.79 Å².